The van der Waals surface area contributed by atoms with Gasteiger partial charge in [-0.3, -0.25) is 10.1 Å². The van der Waals surface area contributed by atoms with Crippen molar-refractivity contribution in [2.24, 2.45) is 0 Å². The number of nitrogens with zero attached hydrogens (tertiary/aromatic N) is 1. The van der Waals surface area contributed by atoms with Crippen LogP contribution in [0.1, 0.15) is 27.5 Å². The van der Waals surface area contributed by atoms with E-state index in [0.29, 0.717) is 0 Å². The number of carbonyl (C=O) groups excluding carboxylic acids is 2. The van der Waals surface area contributed by atoms with Crippen LogP contribution in [0.2, 0.25) is 0 Å². The average Bonchev–Trinajstić information content (AvgIpc) is 3.15. The van der Waals surface area contributed by atoms with Gasteiger partial charge in [0.05, 0.1) is 12.3 Å². The number of aliphatic hydroxyl groups excluding tert-OH is 1. The molecule has 1 aliphatic rings. The van der Waals surface area contributed by atoms with E-state index < -0.39 is 30.6 Å². The van der Waals surface area contributed by atoms with E-state index in [1.165, 1.54) is 18.3 Å². The minimum absolute atomic E-state index is 0.0503. The Morgan fingerprint density at radius 2 is 1.61 bits per heavy atom. The number of carboxylic acid groups (broad SMARTS) is 1. The monoisotopic (exact) mass is 447 g/mol. The summed E-state index contributed by atoms with van der Waals surface area (Å²) in [6.45, 7) is -0.698. The molecule has 0 radical (unpaired) electrons. The average molecular weight is 447 g/mol. The van der Waals surface area contributed by atoms with Crippen molar-refractivity contribution in [2.45, 2.75) is 12.0 Å². The first-order valence-electron chi connectivity index (χ1n) is 10.2. The summed E-state index contributed by atoms with van der Waals surface area (Å²) in [6, 6.07) is 17.3. The summed E-state index contributed by atoms with van der Waals surface area (Å²) >= 11 is 0. The number of benzene rings is 2. The lowest BCUT2D eigenvalue weighted by Gasteiger charge is -2.16. The Hall–Kier alpha value is -4.24. The topological polar surface area (TPSA) is 138 Å². The summed E-state index contributed by atoms with van der Waals surface area (Å²) in [5.74, 6) is -2.38. The normalized spacial score (nSPS) is 12.9. The first-order chi connectivity index (χ1) is 16.0. The molecule has 1 aromatic heterocycles. The van der Waals surface area contributed by atoms with Crippen molar-refractivity contribution in [1.82, 2.24) is 10.3 Å². The molecule has 0 saturated heterocycles. The number of aliphatic carboxylic acids is 1. The van der Waals surface area contributed by atoms with Gasteiger partial charge in [-0.25, -0.2) is 14.6 Å². The van der Waals surface area contributed by atoms with Crippen molar-refractivity contribution in [1.29, 1.82) is 0 Å². The van der Waals surface area contributed by atoms with Gasteiger partial charge in [-0.1, -0.05) is 48.5 Å². The molecule has 1 heterocycles. The molecule has 9 nitrogen and oxygen atoms in total. The second kappa shape index (κ2) is 9.49. The molecule has 0 fully saturated rings. The van der Waals surface area contributed by atoms with Crippen LogP contribution >= 0.6 is 0 Å². The summed E-state index contributed by atoms with van der Waals surface area (Å²) in [6.07, 6.45) is 0.544. The number of rotatable bonds is 7. The number of carboxylic acids is 1. The maximum Gasteiger partial charge on any atom is 0.411 e. The van der Waals surface area contributed by atoms with E-state index in [1.807, 2.05) is 48.5 Å². The van der Waals surface area contributed by atoms with Crippen molar-refractivity contribution in [3.63, 3.8) is 0 Å². The van der Waals surface area contributed by atoms with Gasteiger partial charge in [0.1, 0.15) is 6.61 Å². The molecule has 3 aromatic rings. The van der Waals surface area contributed by atoms with Crippen molar-refractivity contribution in [3.05, 3.63) is 83.7 Å². The van der Waals surface area contributed by atoms with E-state index in [1.54, 1.807) is 0 Å². The second-order valence-corrected chi connectivity index (χ2v) is 7.40. The van der Waals surface area contributed by atoms with Gasteiger partial charge >= 0.3 is 12.1 Å². The van der Waals surface area contributed by atoms with Gasteiger partial charge in [0.15, 0.2) is 11.7 Å². The number of hydrogen-bond donors (Lipinski definition) is 4. The van der Waals surface area contributed by atoms with Crippen LogP contribution in [0.25, 0.3) is 11.1 Å². The Labute approximate surface area is 189 Å². The molecule has 0 spiro atoms. The predicted molar refractivity (Wildman–Crippen MR) is 119 cm³/mol. The minimum atomic E-state index is -1.50. The third kappa shape index (κ3) is 4.53. The molecule has 4 rings (SSSR count). The number of anilines is 1. The smallest absolute Gasteiger partial charge is 0.411 e. The third-order valence-corrected chi connectivity index (χ3v) is 5.39. The Kier molecular flexibility index (Phi) is 6.32. The number of hydrogen-bond acceptors (Lipinski definition) is 6. The maximum absolute atomic E-state index is 12.5. The van der Waals surface area contributed by atoms with Crippen LogP contribution in [0, 0.1) is 0 Å². The van der Waals surface area contributed by atoms with Gasteiger partial charge in [0, 0.05) is 12.1 Å². The van der Waals surface area contributed by atoms with Gasteiger partial charge in [-0.15, -0.1) is 0 Å². The number of carbonyl (C=O) groups is 3. The number of nitrogens with one attached hydrogen (secondary N) is 2. The van der Waals surface area contributed by atoms with E-state index in [9.17, 15) is 14.4 Å². The summed E-state index contributed by atoms with van der Waals surface area (Å²) < 4.78 is 5.48. The van der Waals surface area contributed by atoms with E-state index in [0.717, 1.165) is 22.3 Å². The lowest BCUT2D eigenvalue weighted by atomic mass is 9.98. The first-order valence-corrected chi connectivity index (χ1v) is 10.2. The van der Waals surface area contributed by atoms with Crippen molar-refractivity contribution in [2.75, 3.05) is 18.5 Å². The maximum atomic E-state index is 12.5. The zero-order valence-corrected chi connectivity index (χ0v) is 17.4. The van der Waals surface area contributed by atoms with Crippen LogP contribution in [0.4, 0.5) is 10.5 Å². The third-order valence-electron chi connectivity index (χ3n) is 5.39. The Bertz CT molecular complexity index is 1170. The van der Waals surface area contributed by atoms with Crippen molar-refractivity contribution in [3.8, 4) is 11.1 Å². The number of aromatic nitrogens is 1. The molecule has 4 N–H and O–H groups in total. The Morgan fingerprint density at radius 1 is 0.970 bits per heavy atom. The molecule has 33 heavy (non-hydrogen) atoms. The zero-order chi connectivity index (χ0) is 23.4. The fourth-order valence-electron chi connectivity index (χ4n) is 3.84. The second-order valence-electron chi connectivity index (χ2n) is 7.40. The quantitative estimate of drug-likeness (QED) is 0.437. The number of ether oxygens (including phenoxy) is 1. The summed E-state index contributed by atoms with van der Waals surface area (Å²) in [4.78, 5) is 39.9. The largest absolute Gasteiger partial charge is 0.480 e. The van der Waals surface area contributed by atoms with E-state index in [4.69, 9.17) is 14.9 Å². The fraction of sp³-hybridized carbons (Fsp3) is 0.167. The highest BCUT2D eigenvalue weighted by molar-refractivity contribution is 6.02. The van der Waals surface area contributed by atoms with Gasteiger partial charge in [0.25, 0.3) is 5.91 Å². The number of pyridine rings is 1. The highest BCUT2D eigenvalue weighted by Gasteiger charge is 2.29. The van der Waals surface area contributed by atoms with Crippen LogP contribution in [-0.2, 0) is 9.53 Å². The molecular weight excluding hydrogens is 426 g/mol. The van der Waals surface area contributed by atoms with E-state index in [2.05, 4.69) is 15.6 Å². The van der Waals surface area contributed by atoms with Crippen molar-refractivity contribution < 1.29 is 29.3 Å². The summed E-state index contributed by atoms with van der Waals surface area (Å²) in [5, 5.41) is 22.8. The number of fused-ring (bicyclic) bond motifs is 3. The fourth-order valence-corrected chi connectivity index (χ4v) is 3.84. The van der Waals surface area contributed by atoms with Gasteiger partial charge < -0.3 is 20.3 Å². The van der Waals surface area contributed by atoms with Crippen molar-refractivity contribution >= 4 is 23.7 Å². The molecular formula is C24H21N3O6. The SMILES string of the molecule is O=C(Nc1cccnc1C(=O)N[C@H](CO)C(=O)O)OCC1c2ccccc2-c2ccccc21. The molecule has 2 aromatic carbocycles. The van der Waals surface area contributed by atoms with Crippen LogP contribution in [0.15, 0.2) is 66.9 Å². The summed E-state index contributed by atoms with van der Waals surface area (Å²) in [5.41, 5.74) is 4.18. The molecule has 0 unspecified atom stereocenters. The molecule has 1 atom stereocenters. The molecule has 9 heteroatoms. The predicted octanol–water partition coefficient (Wildman–Crippen LogP) is 2.62. The van der Waals surface area contributed by atoms with E-state index in [-0.39, 0.29) is 23.9 Å². The highest BCUT2D eigenvalue weighted by Crippen LogP contribution is 2.44. The summed E-state index contributed by atoms with van der Waals surface area (Å²) in [7, 11) is 0. The lowest BCUT2D eigenvalue weighted by molar-refractivity contribution is -0.140. The van der Waals surface area contributed by atoms with Gasteiger partial charge in [-0.05, 0) is 34.4 Å². The standard InChI is InChI=1S/C24H21N3O6/c28-12-20(23(30)31)26-22(29)21-19(10-5-11-25-21)27-24(32)33-13-18-16-8-3-1-6-14(16)15-7-2-4-9-17(15)18/h1-11,18,20,28H,12-13H2,(H,26,29)(H,27,32)(H,30,31)/t20-/m1/s1. The molecule has 1 aliphatic carbocycles. The van der Waals surface area contributed by atoms with Crippen LogP contribution < -0.4 is 10.6 Å². The lowest BCUT2D eigenvalue weighted by Crippen LogP contribution is -2.43. The van der Waals surface area contributed by atoms with Gasteiger partial charge in [0.2, 0.25) is 0 Å². The molecule has 2 amide bonds. The van der Waals surface area contributed by atoms with Crippen LogP contribution in [0.5, 0.6) is 0 Å². The van der Waals surface area contributed by atoms with E-state index >= 15 is 0 Å². The first kappa shape index (κ1) is 22.0. The number of amides is 2. The Balaban J connectivity index is 1.46. The molecule has 0 aliphatic heterocycles. The van der Waals surface area contributed by atoms with Gasteiger partial charge in [-0.2, -0.15) is 0 Å². The number of aliphatic hydroxyl groups is 1. The molecule has 0 bridgehead atoms. The minimum Gasteiger partial charge on any atom is -0.480 e. The Morgan fingerprint density at radius 3 is 2.21 bits per heavy atom. The van der Waals surface area contributed by atoms with Crippen LogP contribution in [0.3, 0.4) is 0 Å². The highest BCUT2D eigenvalue weighted by atomic mass is 16.5. The van der Waals surface area contributed by atoms with Crippen LogP contribution in [-0.4, -0.2) is 52.4 Å². The molecule has 0 saturated carbocycles. The molecule has 168 valence electrons. The zero-order valence-electron chi connectivity index (χ0n) is 17.4.